The zero-order chi connectivity index (χ0) is 27.8. The second-order valence-corrected chi connectivity index (χ2v) is 8.89. The highest BCUT2D eigenvalue weighted by atomic mass is 35.5. The van der Waals surface area contributed by atoms with Gasteiger partial charge in [-0.2, -0.15) is 0 Å². The summed E-state index contributed by atoms with van der Waals surface area (Å²) >= 11 is 6.32. The molecule has 1 aromatic rings. The summed E-state index contributed by atoms with van der Waals surface area (Å²) in [5.74, 6) is -2.76. The van der Waals surface area contributed by atoms with Crippen LogP contribution in [0.3, 0.4) is 0 Å². The molecular formula is C25H33ClN2O9. The lowest BCUT2D eigenvalue weighted by Crippen LogP contribution is -2.25. The summed E-state index contributed by atoms with van der Waals surface area (Å²) in [7, 11) is 0. The summed E-state index contributed by atoms with van der Waals surface area (Å²) in [6.45, 7) is 5.04. The summed E-state index contributed by atoms with van der Waals surface area (Å²) in [6.07, 6.45) is 7.12. The van der Waals surface area contributed by atoms with Crippen molar-refractivity contribution in [2.45, 2.75) is 25.7 Å². The third kappa shape index (κ3) is 16.0. The molecule has 1 saturated heterocycles. The van der Waals surface area contributed by atoms with E-state index in [1.54, 1.807) is 0 Å². The number of halogens is 1. The van der Waals surface area contributed by atoms with Gasteiger partial charge in [0.05, 0.1) is 11.6 Å². The predicted octanol–water partition coefficient (Wildman–Crippen LogP) is 2.38. The van der Waals surface area contributed by atoms with Crippen LogP contribution in [0.1, 0.15) is 24.8 Å². The van der Waals surface area contributed by atoms with Crippen LogP contribution in [-0.4, -0.2) is 82.0 Å². The molecule has 37 heavy (non-hydrogen) atoms. The van der Waals surface area contributed by atoms with Gasteiger partial charge < -0.3 is 35.8 Å². The van der Waals surface area contributed by atoms with Gasteiger partial charge >= 0.3 is 23.9 Å². The molecular weight excluding hydrogens is 508 g/mol. The van der Waals surface area contributed by atoms with Crippen molar-refractivity contribution in [3.8, 4) is 5.75 Å². The van der Waals surface area contributed by atoms with E-state index in [0.717, 1.165) is 49.4 Å². The topological polar surface area (TPSA) is 188 Å². The summed E-state index contributed by atoms with van der Waals surface area (Å²) in [6, 6.07) is 6.22. The molecule has 1 saturated carbocycles. The molecule has 204 valence electrons. The van der Waals surface area contributed by atoms with E-state index < -0.39 is 23.9 Å². The quantitative estimate of drug-likeness (QED) is 0.259. The number of likely N-dealkylation sites (tertiary alicyclic amines) is 1. The maximum Gasteiger partial charge on any atom is 0.328 e. The number of hydrogen-bond donors (Lipinski definition) is 5. The van der Waals surface area contributed by atoms with Crippen LogP contribution in [0.2, 0.25) is 5.02 Å². The fourth-order valence-electron chi connectivity index (χ4n) is 3.19. The van der Waals surface area contributed by atoms with Crippen LogP contribution in [0, 0.1) is 11.8 Å². The average Bonchev–Trinajstić information content (AvgIpc) is 3.55. The molecule has 12 heteroatoms. The Kier molecular flexibility index (Phi) is 14.6. The van der Waals surface area contributed by atoms with Crippen molar-refractivity contribution in [2.24, 2.45) is 17.6 Å². The number of benzene rings is 1. The first-order chi connectivity index (χ1) is 17.5. The Hall–Kier alpha value is -3.41. The highest BCUT2D eigenvalue weighted by Crippen LogP contribution is 2.32. The molecule has 0 radical (unpaired) electrons. The third-order valence-electron chi connectivity index (χ3n) is 5.32. The van der Waals surface area contributed by atoms with Gasteiger partial charge in [0.15, 0.2) is 0 Å². The Morgan fingerprint density at radius 3 is 1.86 bits per heavy atom. The van der Waals surface area contributed by atoms with Crippen LogP contribution in [-0.2, 0) is 25.6 Å². The summed E-state index contributed by atoms with van der Waals surface area (Å²) in [5.41, 5.74) is 7.02. The second kappa shape index (κ2) is 17.1. The summed E-state index contributed by atoms with van der Waals surface area (Å²) in [4.78, 5) is 40.7. The van der Waals surface area contributed by atoms with Gasteiger partial charge in [-0.25, -0.2) is 19.2 Å². The van der Waals surface area contributed by atoms with Crippen molar-refractivity contribution in [2.75, 3.05) is 32.8 Å². The summed E-state index contributed by atoms with van der Waals surface area (Å²) < 4.78 is 5.77. The lowest BCUT2D eigenvalue weighted by Gasteiger charge is -2.16. The minimum Gasteiger partial charge on any atom is -0.492 e. The van der Waals surface area contributed by atoms with E-state index in [1.807, 2.05) is 6.07 Å². The Balaban J connectivity index is 0.000000355. The zero-order valence-electron chi connectivity index (χ0n) is 20.3. The molecule has 1 atom stereocenters. The van der Waals surface area contributed by atoms with E-state index >= 15 is 0 Å². The standard InChI is InChI=1S/C17H25ClN2O.2C4H4O4/c18-16-9-13(3-4-17(16)21-12-14-1-2-14)5-7-20-8-6-15(10-19)11-20;2*5-3(6)1-2-4(7)8/h3-4,9,14-15H,1-2,5-8,10-12,19H2;2*1-2H,(H,5,6)(H,7,8)/b;2*2-1+/t15-;;/m0../s1. The smallest absolute Gasteiger partial charge is 0.328 e. The van der Waals surface area contributed by atoms with Crippen LogP contribution < -0.4 is 10.5 Å². The van der Waals surface area contributed by atoms with E-state index in [2.05, 4.69) is 17.0 Å². The SMILES string of the molecule is NC[C@@H]1CCN(CCc2ccc(OCC3CC3)c(Cl)c2)C1.O=C(O)/C=C/C(=O)O.O=C(O)/C=C/C(=O)O. The van der Waals surface area contributed by atoms with Crippen molar-refractivity contribution < 1.29 is 44.3 Å². The maximum atomic E-state index is 9.55. The first-order valence-corrected chi connectivity index (χ1v) is 12.0. The Morgan fingerprint density at radius 2 is 1.46 bits per heavy atom. The fraction of sp³-hybridized carbons (Fsp3) is 0.440. The highest BCUT2D eigenvalue weighted by molar-refractivity contribution is 6.32. The van der Waals surface area contributed by atoms with Gasteiger partial charge in [-0.3, -0.25) is 0 Å². The number of aliphatic carboxylic acids is 4. The number of carboxylic acid groups (broad SMARTS) is 4. The van der Waals surface area contributed by atoms with E-state index in [4.69, 9.17) is 42.5 Å². The monoisotopic (exact) mass is 540 g/mol. The van der Waals surface area contributed by atoms with Gasteiger partial charge in [0.1, 0.15) is 5.75 Å². The first-order valence-electron chi connectivity index (χ1n) is 11.6. The van der Waals surface area contributed by atoms with Crippen LogP contribution in [0.15, 0.2) is 42.5 Å². The van der Waals surface area contributed by atoms with Gasteiger partial charge in [0.2, 0.25) is 0 Å². The van der Waals surface area contributed by atoms with Crippen molar-refractivity contribution in [3.63, 3.8) is 0 Å². The van der Waals surface area contributed by atoms with E-state index in [-0.39, 0.29) is 0 Å². The number of carbonyl (C=O) groups is 4. The first kappa shape index (κ1) is 31.6. The van der Waals surface area contributed by atoms with Crippen LogP contribution in [0.4, 0.5) is 0 Å². The van der Waals surface area contributed by atoms with Gasteiger partial charge in [-0.1, -0.05) is 17.7 Å². The highest BCUT2D eigenvalue weighted by Gasteiger charge is 2.22. The van der Waals surface area contributed by atoms with E-state index in [0.29, 0.717) is 30.2 Å². The molecule has 0 aromatic heterocycles. The Labute approximate surface area is 219 Å². The molecule has 3 rings (SSSR count). The lowest BCUT2D eigenvalue weighted by molar-refractivity contribution is -0.134. The molecule has 11 nitrogen and oxygen atoms in total. The lowest BCUT2D eigenvalue weighted by atomic mass is 10.1. The molecule has 1 aromatic carbocycles. The molecule has 0 unspecified atom stereocenters. The van der Waals surface area contributed by atoms with Crippen molar-refractivity contribution >= 4 is 35.5 Å². The molecule has 2 aliphatic rings. The minimum atomic E-state index is -1.26. The molecule has 1 aliphatic carbocycles. The van der Waals surface area contributed by atoms with Gasteiger partial charge in [0.25, 0.3) is 0 Å². The molecule has 6 N–H and O–H groups in total. The number of hydrogen-bond acceptors (Lipinski definition) is 7. The Bertz CT molecular complexity index is 911. The molecule has 2 fully saturated rings. The van der Waals surface area contributed by atoms with Crippen LogP contribution in [0.25, 0.3) is 0 Å². The number of nitrogens with two attached hydrogens (primary N) is 1. The second-order valence-electron chi connectivity index (χ2n) is 8.48. The minimum absolute atomic E-state index is 0.558. The molecule has 1 aliphatic heterocycles. The molecule has 0 amide bonds. The zero-order valence-corrected chi connectivity index (χ0v) is 21.0. The number of ether oxygens (including phenoxy) is 1. The van der Waals surface area contributed by atoms with E-state index in [1.165, 1.54) is 31.4 Å². The van der Waals surface area contributed by atoms with Crippen LogP contribution in [0.5, 0.6) is 5.75 Å². The largest absolute Gasteiger partial charge is 0.492 e. The molecule has 1 heterocycles. The number of rotatable bonds is 11. The van der Waals surface area contributed by atoms with E-state index in [9.17, 15) is 19.2 Å². The third-order valence-corrected chi connectivity index (χ3v) is 5.62. The fourth-order valence-corrected chi connectivity index (χ4v) is 3.45. The average molecular weight is 541 g/mol. The molecule has 0 bridgehead atoms. The van der Waals surface area contributed by atoms with Crippen molar-refractivity contribution in [1.29, 1.82) is 0 Å². The predicted molar refractivity (Wildman–Crippen MR) is 136 cm³/mol. The van der Waals surface area contributed by atoms with Crippen molar-refractivity contribution in [1.82, 2.24) is 4.90 Å². The van der Waals surface area contributed by atoms with Gasteiger partial charge in [0, 0.05) is 37.4 Å². The number of nitrogens with zero attached hydrogens (tertiary/aromatic N) is 1. The molecule has 0 spiro atoms. The Morgan fingerprint density at radius 1 is 0.919 bits per heavy atom. The van der Waals surface area contributed by atoms with Crippen molar-refractivity contribution in [3.05, 3.63) is 53.1 Å². The maximum absolute atomic E-state index is 9.55. The summed E-state index contributed by atoms with van der Waals surface area (Å²) in [5, 5.41) is 32.0. The van der Waals surface area contributed by atoms with Gasteiger partial charge in [-0.05, 0) is 68.3 Å². The van der Waals surface area contributed by atoms with Crippen LogP contribution >= 0.6 is 11.6 Å². The van der Waals surface area contributed by atoms with Gasteiger partial charge in [-0.15, -0.1) is 0 Å². The normalized spacial score (nSPS) is 17.0. The number of carboxylic acids is 4.